The lowest BCUT2D eigenvalue weighted by atomic mass is 9.90. The van der Waals surface area contributed by atoms with Crippen molar-refractivity contribution in [3.63, 3.8) is 0 Å². The molecule has 1 atom stereocenters. The molecule has 2 rings (SSSR count). The van der Waals surface area contributed by atoms with Crippen LogP contribution < -0.4 is 0 Å². The smallest absolute Gasteiger partial charge is 0.0558 e. The normalized spacial score (nSPS) is 21.1. The molecular weight excluding hydrogens is 222 g/mol. The first-order valence-corrected chi connectivity index (χ1v) is 7.17. The summed E-state index contributed by atoms with van der Waals surface area (Å²) < 4.78 is 0. The summed E-state index contributed by atoms with van der Waals surface area (Å²) in [5, 5.41) is 9.01. The van der Waals surface area contributed by atoms with E-state index in [1.165, 1.54) is 49.9 Å². The lowest BCUT2D eigenvalue weighted by molar-refractivity contribution is 0.136. The third kappa shape index (κ3) is 3.82. The molecule has 0 radical (unpaired) electrons. The molecule has 1 aliphatic heterocycles. The van der Waals surface area contributed by atoms with Gasteiger partial charge in [-0.15, -0.1) is 0 Å². The average molecular weight is 247 g/mol. The number of nitrogens with zero attached hydrogens (tertiary/aromatic N) is 1. The molecule has 0 saturated carbocycles. The second-order valence-electron chi connectivity index (χ2n) is 5.50. The number of hydrogen-bond acceptors (Lipinski definition) is 2. The Labute approximate surface area is 111 Å². The molecule has 1 aliphatic rings. The molecule has 2 heteroatoms. The van der Waals surface area contributed by atoms with Gasteiger partial charge in [0.2, 0.25) is 0 Å². The van der Waals surface area contributed by atoms with E-state index in [1.807, 2.05) is 0 Å². The molecule has 0 amide bonds. The lowest BCUT2D eigenvalue weighted by Gasteiger charge is -2.32. The Bertz CT molecular complexity index is 362. The monoisotopic (exact) mass is 247 g/mol. The summed E-state index contributed by atoms with van der Waals surface area (Å²) in [7, 11) is 0. The summed E-state index contributed by atoms with van der Waals surface area (Å²) in [6.45, 7) is 5.69. The number of aliphatic hydroxyl groups excluding tert-OH is 1. The van der Waals surface area contributed by atoms with Gasteiger partial charge in [0.1, 0.15) is 0 Å². The average Bonchev–Trinajstić information content (AvgIpc) is 2.39. The van der Waals surface area contributed by atoms with E-state index >= 15 is 0 Å². The van der Waals surface area contributed by atoms with Crippen molar-refractivity contribution in [2.75, 3.05) is 26.2 Å². The van der Waals surface area contributed by atoms with E-state index in [9.17, 15) is 0 Å². The fraction of sp³-hybridized carbons (Fsp3) is 0.625. The van der Waals surface area contributed by atoms with Crippen LogP contribution >= 0.6 is 0 Å². The van der Waals surface area contributed by atoms with E-state index in [2.05, 4.69) is 36.1 Å². The molecule has 0 bridgehead atoms. The highest BCUT2D eigenvalue weighted by Crippen LogP contribution is 2.22. The number of likely N-dealkylation sites (tertiary alicyclic amines) is 1. The fourth-order valence-electron chi connectivity index (χ4n) is 2.98. The standard InChI is InChI=1S/C16H25NO/c1-14-5-2-3-7-16(14)9-8-15-6-4-10-17(13-15)11-12-18/h2-3,5,7,15,18H,4,6,8-13H2,1H3/t15-/m1/s1. The maximum atomic E-state index is 9.01. The minimum atomic E-state index is 0.296. The fourth-order valence-corrected chi connectivity index (χ4v) is 2.98. The van der Waals surface area contributed by atoms with Crippen molar-refractivity contribution < 1.29 is 5.11 Å². The highest BCUT2D eigenvalue weighted by Gasteiger charge is 2.19. The van der Waals surface area contributed by atoms with Crippen molar-refractivity contribution in [2.24, 2.45) is 5.92 Å². The molecule has 100 valence electrons. The van der Waals surface area contributed by atoms with Crippen LogP contribution in [0.25, 0.3) is 0 Å². The van der Waals surface area contributed by atoms with Crippen LogP contribution in [0.2, 0.25) is 0 Å². The molecule has 1 aromatic carbocycles. The van der Waals surface area contributed by atoms with Gasteiger partial charge in [0.25, 0.3) is 0 Å². The summed E-state index contributed by atoms with van der Waals surface area (Å²) in [5.74, 6) is 0.810. The molecule has 0 aliphatic carbocycles. The van der Waals surface area contributed by atoms with Gasteiger partial charge in [-0.25, -0.2) is 0 Å². The van der Waals surface area contributed by atoms with Gasteiger partial charge in [-0.1, -0.05) is 24.3 Å². The van der Waals surface area contributed by atoms with E-state index in [0.717, 1.165) is 12.5 Å². The molecule has 2 nitrogen and oxygen atoms in total. The maximum Gasteiger partial charge on any atom is 0.0558 e. The summed E-state index contributed by atoms with van der Waals surface area (Å²) in [4.78, 5) is 2.41. The van der Waals surface area contributed by atoms with Crippen LogP contribution in [-0.2, 0) is 6.42 Å². The van der Waals surface area contributed by atoms with Crippen LogP contribution in [0.1, 0.15) is 30.4 Å². The Morgan fingerprint density at radius 2 is 2.17 bits per heavy atom. The van der Waals surface area contributed by atoms with Gasteiger partial charge in [-0.2, -0.15) is 0 Å². The van der Waals surface area contributed by atoms with E-state index in [4.69, 9.17) is 5.11 Å². The molecule has 1 heterocycles. The number of hydrogen-bond donors (Lipinski definition) is 1. The molecule has 1 saturated heterocycles. The summed E-state index contributed by atoms with van der Waals surface area (Å²) in [6, 6.07) is 8.71. The van der Waals surface area contributed by atoms with Gasteiger partial charge in [0.05, 0.1) is 6.61 Å². The number of β-amino-alcohol motifs (C(OH)–C–C–N with tert-alkyl or cyclic N) is 1. The van der Waals surface area contributed by atoms with Crippen LogP contribution in [0.3, 0.4) is 0 Å². The molecule has 0 unspecified atom stereocenters. The van der Waals surface area contributed by atoms with Crippen molar-refractivity contribution in [1.29, 1.82) is 0 Å². The SMILES string of the molecule is Cc1ccccc1CC[C@H]1CCCN(CCO)C1. The Balaban J connectivity index is 1.81. The van der Waals surface area contributed by atoms with Crippen LogP contribution in [0.5, 0.6) is 0 Å². The quantitative estimate of drug-likeness (QED) is 0.864. The van der Waals surface area contributed by atoms with Crippen molar-refractivity contribution in [2.45, 2.75) is 32.6 Å². The van der Waals surface area contributed by atoms with E-state index in [1.54, 1.807) is 0 Å². The molecule has 0 aromatic heterocycles. The number of rotatable bonds is 5. The van der Waals surface area contributed by atoms with Crippen molar-refractivity contribution >= 4 is 0 Å². The van der Waals surface area contributed by atoms with E-state index in [0.29, 0.717) is 6.61 Å². The zero-order valence-corrected chi connectivity index (χ0v) is 11.4. The molecule has 1 N–H and O–H groups in total. The number of aryl methyl sites for hydroxylation is 2. The van der Waals surface area contributed by atoms with Gasteiger partial charge < -0.3 is 10.0 Å². The summed E-state index contributed by atoms with van der Waals surface area (Å²) in [5.41, 5.74) is 2.91. The molecule has 18 heavy (non-hydrogen) atoms. The first-order chi connectivity index (χ1) is 8.79. The van der Waals surface area contributed by atoms with Gasteiger partial charge >= 0.3 is 0 Å². The minimum Gasteiger partial charge on any atom is -0.395 e. The zero-order valence-electron chi connectivity index (χ0n) is 11.4. The predicted octanol–water partition coefficient (Wildman–Crippen LogP) is 2.63. The third-order valence-corrected chi connectivity index (χ3v) is 4.10. The van der Waals surface area contributed by atoms with E-state index in [-0.39, 0.29) is 0 Å². The minimum absolute atomic E-state index is 0.296. The van der Waals surface area contributed by atoms with Crippen LogP contribution in [0, 0.1) is 12.8 Å². The second kappa shape index (κ2) is 6.91. The Morgan fingerprint density at radius 3 is 2.94 bits per heavy atom. The largest absolute Gasteiger partial charge is 0.395 e. The zero-order chi connectivity index (χ0) is 12.8. The highest BCUT2D eigenvalue weighted by molar-refractivity contribution is 5.25. The lowest BCUT2D eigenvalue weighted by Crippen LogP contribution is -2.37. The van der Waals surface area contributed by atoms with Gasteiger partial charge in [-0.05, 0) is 56.2 Å². The number of benzene rings is 1. The number of piperidine rings is 1. The second-order valence-corrected chi connectivity index (χ2v) is 5.50. The van der Waals surface area contributed by atoms with Crippen LogP contribution in [0.15, 0.2) is 24.3 Å². The Hall–Kier alpha value is -0.860. The molecular formula is C16H25NO. The van der Waals surface area contributed by atoms with Crippen molar-refractivity contribution in [1.82, 2.24) is 4.90 Å². The highest BCUT2D eigenvalue weighted by atomic mass is 16.3. The van der Waals surface area contributed by atoms with Gasteiger partial charge in [0, 0.05) is 13.1 Å². The summed E-state index contributed by atoms with van der Waals surface area (Å²) in [6.07, 6.45) is 5.13. The number of aliphatic hydroxyl groups is 1. The van der Waals surface area contributed by atoms with Crippen molar-refractivity contribution in [3.05, 3.63) is 35.4 Å². The molecule has 1 fully saturated rings. The Morgan fingerprint density at radius 1 is 1.33 bits per heavy atom. The molecule has 1 aromatic rings. The van der Waals surface area contributed by atoms with Crippen molar-refractivity contribution in [3.8, 4) is 0 Å². The topological polar surface area (TPSA) is 23.5 Å². The third-order valence-electron chi connectivity index (χ3n) is 4.10. The maximum absolute atomic E-state index is 9.01. The Kier molecular flexibility index (Phi) is 5.21. The predicted molar refractivity (Wildman–Crippen MR) is 75.7 cm³/mol. The summed E-state index contributed by atoms with van der Waals surface area (Å²) >= 11 is 0. The van der Waals surface area contributed by atoms with Crippen LogP contribution in [-0.4, -0.2) is 36.2 Å². The molecule has 0 spiro atoms. The first-order valence-electron chi connectivity index (χ1n) is 7.17. The van der Waals surface area contributed by atoms with Gasteiger partial charge in [-0.3, -0.25) is 0 Å². The first kappa shape index (κ1) is 13.6. The van der Waals surface area contributed by atoms with Crippen LogP contribution in [0.4, 0.5) is 0 Å². The van der Waals surface area contributed by atoms with E-state index < -0.39 is 0 Å². The van der Waals surface area contributed by atoms with Gasteiger partial charge in [0.15, 0.2) is 0 Å².